The van der Waals surface area contributed by atoms with Crippen LogP contribution >= 0.6 is 15.9 Å². The van der Waals surface area contributed by atoms with E-state index in [1.54, 1.807) is 7.11 Å². The molecule has 0 saturated heterocycles. The summed E-state index contributed by atoms with van der Waals surface area (Å²) >= 11 is 3.45. The Hall–Kier alpha value is -1.40. The first-order chi connectivity index (χ1) is 9.56. The summed E-state index contributed by atoms with van der Waals surface area (Å²) in [4.78, 5) is 4.47. The van der Waals surface area contributed by atoms with Gasteiger partial charge in [-0.2, -0.15) is 4.98 Å². The first-order valence-corrected chi connectivity index (χ1v) is 7.21. The van der Waals surface area contributed by atoms with Crippen molar-refractivity contribution in [3.63, 3.8) is 0 Å². The number of halogens is 1. The lowest BCUT2D eigenvalue weighted by Crippen LogP contribution is -2.27. The number of hydrogen-bond donors (Lipinski definition) is 1. The standard InChI is InChI=1S/C14H18BrN3O2/c1-8(9(2)16-3)14-17-13(18-20-14)10-5-6-12(19-4)11(15)7-10/h5-9,16H,1-4H3. The van der Waals surface area contributed by atoms with E-state index in [1.165, 1.54) is 0 Å². The molecule has 1 heterocycles. The fourth-order valence-electron chi connectivity index (χ4n) is 1.81. The molecule has 0 radical (unpaired) electrons. The van der Waals surface area contributed by atoms with Crippen molar-refractivity contribution in [3.8, 4) is 17.1 Å². The number of aromatic nitrogens is 2. The number of methoxy groups -OCH3 is 1. The zero-order valence-electron chi connectivity index (χ0n) is 12.0. The minimum atomic E-state index is 0.155. The lowest BCUT2D eigenvalue weighted by molar-refractivity contribution is 0.336. The summed E-state index contributed by atoms with van der Waals surface area (Å²) < 4.78 is 11.4. The topological polar surface area (TPSA) is 60.2 Å². The van der Waals surface area contributed by atoms with Crippen LogP contribution < -0.4 is 10.1 Å². The first-order valence-electron chi connectivity index (χ1n) is 6.41. The highest BCUT2D eigenvalue weighted by molar-refractivity contribution is 9.10. The number of nitrogens with zero attached hydrogens (tertiary/aromatic N) is 2. The molecule has 0 aliphatic rings. The lowest BCUT2D eigenvalue weighted by atomic mass is 10.0. The van der Waals surface area contributed by atoms with Crippen LogP contribution in [0.1, 0.15) is 25.7 Å². The predicted octanol–water partition coefficient (Wildman–Crippen LogP) is 3.22. The number of benzene rings is 1. The molecule has 108 valence electrons. The fraction of sp³-hybridized carbons (Fsp3) is 0.429. The van der Waals surface area contributed by atoms with Crippen LogP contribution in [0.25, 0.3) is 11.4 Å². The van der Waals surface area contributed by atoms with Crippen molar-refractivity contribution in [2.45, 2.75) is 25.8 Å². The average Bonchev–Trinajstić information content (AvgIpc) is 2.95. The molecule has 1 N–H and O–H groups in total. The molecule has 2 aromatic rings. The van der Waals surface area contributed by atoms with Gasteiger partial charge in [0.1, 0.15) is 5.75 Å². The number of ether oxygens (including phenoxy) is 1. The molecule has 0 aliphatic carbocycles. The van der Waals surface area contributed by atoms with Crippen LogP contribution in [-0.2, 0) is 0 Å². The molecule has 6 heteroatoms. The van der Waals surface area contributed by atoms with E-state index in [9.17, 15) is 0 Å². The second kappa shape index (κ2) is 6.37. The van der Waals surface area contributed by atoms with Gasteiger partial charge < -0.3 is 14.6 Å². The second-order valence-electron chi connectivity index (χ2n) is 4.67. The quantitative estimate of drug-likeness (QED) is 0.906. The molecule has 1 aromatic carbocycles. The fourth-order valence-corrected chi connectivity index (χ4v) is 2.35. The number of nitrogens with one attached hydrogen (secondary N) is 1. The van der Waals surface area contributed by atoms with Crippen LogP contribution in [0.15, 0.2) is 27.2 Å². The molecule has 0 saturated carbocycles. The van der Waals surface area contributed by atoms with Crippen molar-refractivity contribution in [1.82, 2.24) is 15.5 Å². The highest BCUT2D eigenvalue weighted by Gasteiger charge is 2.20. The minimum Gasteiger partial charge on any atom is -0.496 e. The van der Waals surface area contributed by atoms with Gasteiger partial charge in [0.2, 0.25) is 11.7 Å². The third-order valence-electron chi connectivity index (χ3n) is 3.45. The van der Waals surface area contributed by atoms with E-state index in [-0.39, 0.29) is 12.0 Å². The van der Waals surface area contributed by atoms with E-state index < -0.39 is 0 Å². The monoisotopic (exact) mass is 339 g/mol. The molecule has 0 fully saturated rings. The van der Waals surface area contributed by atoms with Gasteiger partial charge in [-0.15, -0.1) is 0 Å². The number of hydrogen-bond acceptors (Lipinski definition) is 5. The van der Waals surface area contributed by atoms with E-state index in [1.807, 2.05) is 25.2 Å². The Bertz CT molecular complexity index is 586. The third kappa shape index (κ3) is 3.02. The zero-order valence-corrected chi connectivity index (χ0v) is 13.6. The van der Waals surface area contributed by atoms with Crippen LogP contribution in [-0.4, -0.2) is 30.3 Å². The smallest absolute Gasteiger partial charge is 0.231 e. The Kier molecular flexibility index (Phi) is 4.77. The molecular weight excluding hydrogens is 322 g/mol. The van der Waals surface area contributed by atoms with Gasteiger partial charge in [-0.25, -0.2) is 0 Å². The van der Waals surface area contributed by atoms with E-state index >= 15 is 0 Å². The normalized spacial score (nSPS) is 14.1. The van der Waals surface area contributed by atoms with Crippen molar-refractivity contribution in [3.05, 3.63) is 28.6 Å². The summed E-state index contributed by atoms with van der Waals surface area (Å²) in [7, 11) is 3.55. The van der Waals surface area contributed by atoms with Gasteiger partial charge in [0, 0.05) is 11.6 Å². The average molecular weight is 340 g/mol. The Labute approximate surface area is 126 Å². The molecular formula is C14H18BrN3O2. The van der Waals surface area contributed by atoms with Gasteiger partial charge in [-0.05, 0) is 48.1 Å². The summed E-state index contributed by atoms with van der Waals surface area (Å²) in [5.41, 5.74) is 0.886. The number of likely N-dealkylation sites (N-methyl/N-ethyl adjacent to an activating group) is 1. The van der Waals surface area contributed by atoms with Gasteiger partial charge in [-0.3, -0.25) is 0 Å². The van der Waals surface area contributed by atoms with Gasteiger partial charge in [0.25, 0.3) is 0 Å². The molecule has 2 atom stereocenters. The maximum absolute atomic E-state index is 5.35. The molecule has 2 rings (SSSR count). The molecule has 0 spiro atoms. The minimum absolute atomic E-state index is 0.155. The van der Waals surface area contributed by atoms with Crippen molar-refractivity contribution in [2.75, 3.05) is 14.2 Å². The molecule has 20 heavy (non-hydrogen) atoms. The summed E-state index contributed by atoms with van der Waals surface area (Å²) in [6.07, 6.45) is 0. The Morgan fingerprint density at radius 3 is 2.70 bits per heavy atom. The zero-order chi connectivity index (χ0) is 14.7. The summed E-state index contributed by atoms with van der Waals surface area (Å²) in [5, 5.41) is 7.23. The highest BCUT2D eigenvalue weighted by atomic mass is 79.9. The van der Waals surface area contributed by atoms with Gasteiger partial charge in [-0.1, -0.05) is 12.1 Å². The van der Waals surface area contributed by atoms with Gasteiger partial charge in [0.05, 0.1) is 17.5 Å². The number of rotatable bonds is 5. The van der Waals surface area contributed by atoms with E-state index in [0.29, 0.717) is 11.7 Å². The Balaban J connectivity index is 2.26. The first kappa shape index (κ1) is 15.0. The van der Waals surface area contributed by atoms with Crippen molar-refractivity contribution >= 4 is 15.9 Å². The van der Waals surface area contributed by atoms with Crippen LogP contribution in [0.4, 0.5) is 0 Å². The van der Waals surface area contributed by atoms with Crippen molar-refractivity contribution in [1.29, 1.82) is 0 Å². The van der Waals surface area contributed by atoms with E-state index in [4.69, 9.17) is 9.26 Å². The van der Waals surface area contributed by atoms with Crippen LogP contribution in [0.3, 0.4) is 0 Å². The van der Waals surface area contributed by atoms with Gasteiger partial charge >= 0.3 is 0 Å². The van der Waals surface area contributed by atoms with Gasteiger partial charge in [0.15, 0.2) is 0 Å². The van der Waals surface area contributed by atoms with E-state index in [0.717, 1.165) is 15.8 Å². The van der Waals surface area contributed by atoms with Crippen LogP contribution in [0.5, 0.6) is 5.75 Å². The summed E-state index contributed by atoms with van der Waals surface area (Å²) in [6, 6.07) is 5.96. The Morgan fingerprint density at radius 1 is 1.35 bits per heavy atom. The summed E-state index contributed by atoms with van der Waals surface area (Å²) in [6.45, 7) is 4.14. The molecule has 2 unspecified atom stereocenters. The van der Waals surface area contributed by atoms with Crippen molar-refractivity contribution < 1.29 is 9.26 Å². The largest absolute Gasteiger partial charge is 0.496 e. The maximum Gasteiger partial charge on any atom is 0.231 e. The second-order valence-corrected chi connectivity index (χ2v) is 5.53. The molecule has 5 nitrogen and oxygen atoms in total. The van der Waals surface area contributed by atoms with E-state index in [2.05, 4.69) is 45.2 Å². The maximum atomic E-state index is 5.35. The van der Waals surface area contributed by atoms with Crippen LogP contribution in [0.2, 0.25) is 0 Å². The highest BCUT2D eigenvalue weighted by Crippen LogP contribution is 2.30. The lowest BCUT2D eigenvalue weighted by Gasteiger charge is -2.14. The Morgan fingerprint density at radius 2 is 2.10 bits per heavy atom. The van der Waals surface area contributed by atoms with Crippen molar-refractivity contribution in [2.24, 2.45) is 0 Å². The predicted molar refractivity (Wildman–Crippen MR) is 80.9 cm³/mol. The third-order valence-corrected chi connectivity index (χ3v) is 4.07. The molecule has 1 aromatic heterocycles. The van der Waals surface area contributed by atoms with Crippen LogP contribution in [0, 0.1) is 0 Å². The summed E-state index contributed by atoms with van der Waals surface area (Å²) in [5.74, 6) is 2.14. The molecule has 0 amide bonds. The SMILES string of the molecule is CNC(C)C(C)c1nc(-c2ccc(OC)c(Br)c2)no1. The molecule has 0 aliphatic heterocycles. The molecule has 0 bridgehead atoms.